The molecule has 0 aromatic carbocycles. The third-order valence-corrected chi connectivity index (χ3v) is 0. The zero-order valence-electron chi connectivity index (χ0n) is 5.60. The Morgan fingerprint density at radius 1 is 0.500 bits per heavy atom. The maximum Gasteiger partial charge on any atom is 0 e. The molecule has 0 rings (SSSR count). The summed E-state index contributed by atoms with van der Waals surface area (Å²) < 4.78 is 0. The molecule has 0 spiro atoms. The summed E-state index contributed by atoms with van der Waals surface area (Å²) in [5, 5.41) is 0. The second kappa shape index (κ2) is 7.67. The van der Waals surface area contributed by atoms with E-state index in [9.17, 15) is 0 Å². The van der Waals surface area contributed by atoms with Crippen LogP contribution in [0.5, 0.6) is 0 Å². The number of rotatable bonds is 0. The van der Waals surface area contributed by atoms with Crippen LogP contribution in [0.3, 0.4) is 0 Å². The Morgan fingerprint density at radius 3 is 0.500 bits per heavy atom. The summed E-state index contributed by atoms with van der Waals surface area (Å²) in [4.78, 5) is 0. The molecule has 0 saturated carbocycles. The van der Waals surface area contributed by atoms with Crippen LogP contribution in [0.15, 0.2) is 0 Å². The molecule has 0 atom stereocenters. The molecule has 0 aromatic heterocycles. The number of hydrogen-bond donors (Lipinski definition) is 0. The zero-order chi connectivity index (χ0) is 6.41. The second-order valence-electron chi connectivity index (χ2n) is 0.714. The summed E-state index contributed by atoms with van der Waals surface area (Å²) in [5.74, 6) is 0. The average Bonchev–Trinajstić information content (AvgIpc) is 0.592. The van der Waals surface area contributed by atoms with Crippen LogP contribution in [0.2, 0.25) is 0 Å². The van der Waals surface area contributed by atoms with E-state index in [1.807, 2.05) is 0 Å². The SMILES string of the molecule is [Cl][Ir]([Cl])([Cl])([Cl])([Cl])[Cl].[K].[K].[K]. The standard InChI is InChI=1S/6ClH.Ir.3K/h6*1H;;;;/q;;;;;;+6;;;/p-6. The molecule has 0 heterocycles. The van der Waals surface area contributed by atoms with Gasteiger partial charge in [-0.25, -0.2) is 0 Å². The molecule has 0 aliphatic carbocycles. The predicted molar refractivity (Wildman–Crippen MR) is 52.4 cm³/mol. The fourth-order valence-electron chi connectivity index (χ4n) is 0. The minimum absolute atomic E-state index is 0. The van der Waals surface area contributed by atoms with Crippen molar-refractivity contribution in [2.75, 3.05) is 0 Å². The van der Waals surface area contributed by atoms with Crippen molar-refractivity contribution in [2.24, 2.45) is 0 Å². The van der Waals surface area contributed by atoms with E-state index in [4.69, 9.17) is 57.5 Å². The van der Waals surface area contributed by atoms with Crippen molar-refractivity contribution in [3.63, 3.8) is 0 Å². The van der Waals surface area contributed by atoms with E-state index in [1.54, 1.807) is 0 Å². The molecule has 0 fully saturated rings. The summed E-state index contributed by atoms with van der Waals surface area (Å²) >= 11 is 0. The molecule has 3 radical (unpaired) electrons. The van der Waals surface area contributed by atoms with Gasteiger partial charge in [0.05, 0.1) is 0 Å². The molecule has 0 N–H and O–H groups in total. The van der Waals surface area contributed by atoms with Gasteiger partial charge >= 0.3 is 64.3 Å². The van der Waals surface area contributed by atoms with Gasteiger partial charge in [0.15, 0.2) is 0 Å². The average molecular weight is 522 g/mol. The van der Waals surface area contributed by atoms with Crippen molar-refractivity contribution in [3.05, 3.63) is 0 Å². The Bertz CT molecular complexity index is 71.6. The Kier molecular flexibility index (Phi) is 19.9. The molecular weight excluding hydrogens is 522 g/mol. The van der Waals surface area contributed by atoms with E-state index in [-0.39, 0.29) is 154 Å². The van der Waals surface area contributed by atoms with Gasteiger partial charge in [-0.05, 0) is 0 Å². The van der Waals surface area contributed by atoms with Crippen molar-refractivity contribution in [1.29, 1.82) is 0 Å². The van der Waals surface area contributed by atoms with Crippen LogP contribution >= 0.6 is 57.5 Å². The number of halogens is 6. The van der Waals surface area contributed by atoms with E-state index in [2.05, 4.69) is 0 Å². The van der Waals surface area contributed by atoms with E-state index in [0.29, 0.717) is 0 Å². The Labute approximate surface area is 210 Å². The normalized spacial score (nSPS) is 16.2. The topological polar surface area (TPSA) is 0 Å². The van der Waals surface area contributed by atoms with Gasteiger partial charge in [0.25, 0.3) is 0 Å². The Balaban J connectivity index is -0.0000000600. The summed E-state index contributed by atoms with van der Waals surface area (Å²) in [6.45, 7) is -5.33. The molecule has 0 bridgehead atoms. The van der Waals surface area contributed by atoms with Gasteiger partial charge in [-0.1, -0.05) is 0 Å². The molecule has 0 saturated heterocycles. The molecule has 0 unspecified atom stereocenters. The van der Waals surface area contributed by atoms with Crippen LogP contribution < -0.4 is 0 Å². The third-order valence-electron chi connectivity index (χ3n) is 0. The second-order valence-corrected chi connectivity index (χ2v) is 52.6. The molecule has 0 nitrogen and oxygen atoms in total. The first-order valence-corrected chi connectivity index (χ1v) is 18.6. The molecule has 0 aromatic rings. The maximum absolute atomic E-state index is 5.33. The van der Waals surface area contributed by atoms with Gasteiger partial charge in [0, 0.05) is 154 Å². The first kappa shape index (κ1) is 26.0. The molecule has 10 heavy (non-hydrogen) atoms. The van der Waals surface area contributed by atoms with Crippen molar-refractivity contribution in [3.8, 4) is 0 Å². The van der Waals surface area contributed by atoms with Crippen molar-refractivity contribution >= 4 is 212 Å². The fraction of sp³-hybridized carbons (Fsp3) is 0. The van der Waals surface area contributed by atoms with Gasteiger partial charge in [0.1, 0.15) is 0 Å². The summed E-state index contributed by atoms with van der Waals surface area (Å²) in [5.41, 5.74) is 0. The van der Waals surface area contributed by atoms with E-state index in [0.717, 1.165) is 0 Å². The zero-order valence-corrected chi connectivity index (χ0v) is 21.9. The van der Waals surface area contributed by atoms with Gasteiger partial charge in [-0.2, -0.15) is 0 Å². The molecule has 0 amide bonds. The van der Waals surface area contributed by atoms with Crippen LogP contribution in [0.1, 0.15) is 0 Å². The minimum Gasteiger partial charge on any atom is 0 e. The first-order valence-electron chi connectivity index (χ1n) is 0.756. The third kappa shape index (κ3) is 58.7. The van der Waals surface area contributed by atoms with Crippen LogP contribution in [0.4, 0.5) is 0 Å². The molecular formula is Cl6IrK3. The van der Waals surface area contributed by atoms with Crippen LogP contribution in [-0.4, -0.2) is 154 Å². The van der Waals surface area contributed by atoms with E-state index in [1.165, 1.54) is 0 Å². The van der Waals surface area contributed by atoms with Crippen molar-refractivity contribution in [2.45, 2.75) is 0 Å². The summed E-state index contributed by atoms with van der Waals surface area (Å²) in [7, 11) is 30.3. The van der Waals surface area contributed by atoms with Crippen LogP contribution in [0, 0.1) is 0 Å². The summed E-state index contributed by atoms with van der Waals surface area (Å²) in [6, 6.07) is 0. The van der Waals surface area contributed by atoms with Gasteiger partial charge < -0.3 is 0 Å². The number of hydrogen-bond acceptors (Lipinski definition) is 0. The van der Waals surface area contributed by atoms with E-state index >= 15 is 0 Å². The smallest absolute Gasteiger partial charge is 0 e. The molecule has 54 valence electrons. The largest absolute Gasteiger partial charge is 0 e. The predicted octanol–water partition coefficient (Wildman–Crippen LogP) is 2.99. The van der Waals surface area contributed by atoms with Crippen LogP contribution in [-0.2, 0) is 6.81 Å². The van der Waals surface area contributed by atoms with Gasteiger partial charge in [-0.3, -0.25) is 0 Å². The van der Waals surface area contributed by atoms with Gasteiger partial charge in [-0.15, -0.1) is 0 Å². The molecule has 0 aliphatic rings. The fourth-order valence-corrected chi connectivity index (χ4v) is 0. The van der Waals surface area contributed by atoms with E-state index < -0.39 is 6.81 Å². The van der Waals surface area contributed by atoms with Crippen LogP contribution in [0.25, 0.3) is 0 Å². The molecule has 10 heteroatoms. The minimum atomic E-state index is -5.33. The first-order chi connectivity index (χ1) is 2.45. The van der Waals surface area contributed by atoms with Gasteiger partial charge in [0.2, 0.25) is 0 Å². The van der Waals surface area contributed by atoms with Crippen molar-refractivity contribution < 1.29 is 6.81 Å². The Morgan fingerprint density at radius 2 is 0.500 bits per heavy atom. The maximum atomic E-state index is 5.06. The summed E-state index contributed by atoms with van der Waals surface area (Å²) in [6.07, 6.45) is 0. The monoisotopic (exact) mass is 520 g/mol. The van der Waals surface area contributed by atoms with Crippen molar-refractivity contribution in [1.82, 2.24) is 0 Å². The Hall–Kier alpha value is 7.30. The quantitative estimate of drug-likeness (QED) is 0.430. The molecule has 0 aliphatic heterocycles.